The molecule has 2 rings (SSSR count). The molecule has 9 heteroatoms. The molecule has 1 aromatic carbocycles. The van der Waals surface area contributed by atoms with Crippen molar-refractivity contribution in [2.24, 2.45) is 11.7 Å². The van der Waals surface area contributed by atoms with Gasteiger partial charge in [0.25, 0.3) is 0 Å². The molecule has 1 atom stereocenters. The number of amides is 1. The first-order chi connectivity index (χ1) is 11.9. The van der Waals surface area contributed by atoms with Gasteiger partial charge >= 0.3 is 0 Å². The summed E-state index contributed by atoms with van der Waals surface area (Å²) in [4.78, 5) is 12.5. The molecule has 1 aliphatic heterocycles. The Morgan fingerprint density at radius 2 is 2.04 bits per heavy atom. The Morgan fingerprint density at radius 3 is 2.69 bits per heavy atom. The smallest absolute Gasteiger partial charge is 0.241 e. The van der Waals surface area contributed by atoms with Gasteiger partial charge in [0, 0.05) is 25.4 Å². The van der Waals surface area contributed by atoms with Crippen molar-refractivity contribution in [2.45, 2.75) is 43.5 Å². The van der Waals surface area contributed by atoms with Crippen LogP contribution in [0.3, 0.4) is 0 Å². The molecule has 0 spiro atoms. The number of benzene rings is 1. The van der Waals surface area contributed by atoms with E-state index in [1.165, 1.54) is 12.1 Å². The summed E-state index contributed by atoms with van der Waals surface area (Å²) in [6.07, 6.45) is 3.19. The Bertz CT molecular complexity index is 678. The molecule has 148 valence electrons. The summed E-state index contributed by atoms with van der Waals surface area (Å²) in [6.45, 7) is 3.61. The van der Waals surface area contributed by atoms with Gasteiger partial charge in [-0.2, -0.15) is 0 Å². The Morgan fingerprint density at radius 1 is 1.35 bits per heavy atom. The van der Waals surface area contributed by atoms with Gasteiger partial charge in [0.15, 0.2) is 0 Å². The lowest BCUT2D eigenvalue weighted by Gasteiger charge is -2.26. The van der Waals surface area contributed by atoms with Crippen molar-refractivity contribution in [3.05, 3.63) is 24.3 Å². The Kier molecular flexibility index (Phi) is 9.52. The predicted octanol–water partition coefficient (Wildman–Crippen LogP) is 1.88. The molecule has 1 unspecified atom stereocenters. The number of sulfonamides is 1. The van der Waals surface area contributed by atoms with E-state index >= 15 is 0 Å². The van der Waals surface area contributed by atoms with Crippen LogP contribution in [0.5, 0.6) is 0 Å². The zero-order valence-electron chi connectivity index (χ0n) is 14.9. The molecular formula is C17H28ClN3O4S. The number of carbonyl (C=O) groups is 1. The molecule has 0 aromatic heterocycles. The summed E-state index contributed by atoms with van der Waals surface area (Å²) in [5, 5.41) is 2.72. The number of hydrogen-bond acceptors (Lipinski definition) is 5. The molecule has 1 fully saturated rings. The first kappa shape index (κ1) is 22.9. The summed E-state index contributed by atoms with van der Waals surface area (Å²) in [5.74, 6) is -0.225. The minimum atomic E-state index is -3.58. The minimum Gasteiger partial charge on any atom is -0.381 e. The number of ether oxygens (including phenoxy) is 1. The van der Waals surface area contributed by atoms with Crippen molar-refractivity contribution >= 4 is 34.0 Å². The lowest BCUT2D eigenvalue weighted by Crippen LogP contribution is -2.44. The predicted molar refractivity (Wildman–Crippen MR) is 104 cm³/mol. The topological polar surface area (TPSA) is 111 Å². The maximum absolute atomic E-state index is 12.3. The van der Waals surface area contributed by atoms with E-state index in [1.54, 1.807) is 12.1 Å². The van der Waals surface area contributed by atoms with Gasteiger partial charge < -0.3 is 15.8 Å². The molecule has 7 nitrogen and oxygen atoms in total. The number of hydrogen-bond donors (Lipinski definition) is 3. The monoisotopic (exact) mass is 405 g/mol. The van der Waals surface area contributed by atoms with E-state index in [-0.39, 0.29) is 29.1 Å². The van der Waals surface area contributed by atoms with Gasteiger partial charge in [-0.15, -0.1) is 12.4 Å². The van der Waals surface area contributed by atoms with E-state index in [0.29, 0.717) is 25.4 Å². The van der Waals surface area contributed by atoms with E-state index in [0.717, 1.165) is 25.7 Å². The molecule has 1 aromatic rings. The fourth-order valence-corrected chi connectivity index (χ4v) is 3.84. The SMILES string of the molecule is CCCCNS(=O)(=O)c1cccc(NC(=O)C(N)C2CCOCC2)c1.Cl. The fraction of sp³-hybridized carbons (Fsp3) is 0.588. The third-order valence-corrected chi connectivity index (χ3v) is 5.77. The number of rotatable bonds is 8. The molecule has 1 saturated heterocycles. The second kappa shape index (κ2) is 10.8. The molecule has 0 saturated carbocycles. The highest BCUT2D eigenvalue weighted by Gasteiger charge is 2.26. The van der Waals surface area contributed by atoms with Crippen molar-refractivity contribution in [1.29, 1.82) is 0 Å². The van der Waals surface area contributed by atoms with Crippen molar-refractivity contribution < 1.29 is 17.9 Å². The highest BCUT2D eigenvalue weighted by Crippen LogP contribution is 2.20. The quantitative estimate of drug-likeness (QED) is 0.572. The van der Waals surface area contributed by atoms with Gasteiger partial charge in [-0.05, 0) is 43.4 Å². The molecule has 4 N–H and O–H groups in total. The zero-order valence-corrected chi connectivity index (χ0v) is 16.6. The largest absolute Gasteiger partial charge is 0.381 e. The van der Waals surface area contributed by atoms with Crippen molar-refractivity contribution in [3.8, 4) is 0 Å². The van der Waals surface area contributed by atoms with Crippen LogP contribution in [0.2, 0.25) is 0 Å². The molecule has 1 amide bonds. The van der Waals surface area contributed by atoms with E-state index < -0.39 is 16.1 Å². The lowest BCUT2D eigenvalue weighted by molar-refractivity contribution is -0.119. The van der Waals surface area contributed by atoms with Gasteiger partial charge in [0.1, 0.15) is 0 Å². The van der Waals surface area contributed by atoms with Crippen LogP contribution >= 0.6 is 12.4 Å². The molecular weight excluding hydrogens is 378 g/mol. The van der Waals surface area contributed by atoms with Gasteiger partial charge in [-0.1, -0.05) is 19.4 Å². The van der Waals surface area contributed by atoms with Gasteiger partial charge in [-0.25, -0.2) is 13.1 Å². The van der Waals surface area contributed by atoms with E-state index in [4.69, 9.17) is 10.5 Å². The summed E-state index contributed by atoms with van der Waals surface area (Å²) in [5.41, 5.74) is 6.47. The van der Waals surface area contributed by atoms with Crippen molar-refractivity contribution in [1.82, 2.24) is 4.72 Å². The number of unbranched alkanes of at least 4 members (excludes halogenated alkanes) is 1. The van der Waals surface area contributed by atoms with Crippen LogP contribution in [-0.2, 0) is 19.6 Å². The maximum Gasteiger partial charge on any atom is 0.241 e. The van der Waals surface area contributed by atoms with E-state index in [1.807, 2.05) is 6.92 Å². The average Bonchev–Trinajstić information content (AvgIpc) is 2.62. The summed E-state index contributed by atoms with van der Waals surface area (Å²) < 4.78 is 32.4. The number of nitrogens with two attached hydrogens (primary N) is 1. The maximum atomic E-state index is 12.3. The number of anilines is 1. The fourth-order valence-electron chi connectivity index (χ4n) is 2.72. The summed E-state index contributed by atoms with van der Waals surface area (Å²) in [6, 6.07) is 5.57. The molecule has 26 heavy (non-hydrogen) atoms. The third-order valence-electron chi connectivity index (χ3n) is 4.31. The summed E-state index contributed by atoms with van der Waals surface area (Å²) >= 11 is 0. The molecule has 0 radical (unpaired) electrons. The van der Waals surface area contributed by atoms with E-state index in [2.05, 4.69) is 10.0 Å². The first-order valence-electron chi connectivity index (χ1n) is 8.68. The minimum absolute atomic E-state index is 0. The highest BCUT2D eigenvalue weighted by molar-refractivity contribution is 7.89. The number of nitrogens with one attached hydrogen (secondary N) is 2. The Hall–Kier alpha value is -1.19. The Labute approximate surface area is 161 Å². The molecule has 0 bridgehead atoms. The molecule has 1 aliphatic rings. The zero-order chi connectivity index (χ0) is 18.3. The Balaban J connectivity index is 0.00000338. The van der Waals surface area contributed by atoms with Crippen LogP contribution in [-0.4, -0.2) is 40.1 Å². The second-order valence-electron chi connectivity index (χ2n) is 6.24. The molecule has 1 heterocycles. The van der Waals surface area contributed by atoms with Crippen LogP contribution in [0.4, 0.5) is 5.69 Å². The van der Waals surface area contributed by atoms with Gasteiger partial charge in [-0.3, -0.25) is 4.79 Å². The van der Waals surface area contributed by atoms with Crippen molar-refractivity contribution in [2.75, 3.05) is 25.1 Å². The van der Waals surface area contributed by atoms with E-state index in [9.17, 15) is 13.2 Å². The van der Waals surface area contributed by atoms with Crippen LogP contribution in [0.1, 0.15) is 32.6 Å². The lowest BCUT2D eigenvalue weighted by atomic mass is 9.92. The van der Waals surface area contributed by atoms with Crippen LogP contribution in [0, 0.1) is 5.92 Å². The number of carbonyl (C=O) groups excluding carboxylic acids is 1. The summed E-state index contributed by atoms with van der Waals surface area (Å²) in [7, 11) is -3.58. The van der Waals surface area contributed by atoms with Crippen LogP contribution < -0.4 is 15.8 Å². The van der Waals surface area contributed by atoms with Crippen molar-refractivity contribution in [3.63, 3.8) is 0 Å². The third kappa shape index (κ3) is 6.51. The van der Waals surface area contributed by atoms with Gasteiger partial charge in [0.2, 0.25) is 15.9 Å². The standard InChI is InChI=1S/C17H27N3O4S.ClH/c1-2-3-9-19-25(22,23)15-6-4-5-14(12-15)20-17(21)16(18)13-7-10-24-11-8-13;/h4-6,12-13,16,19H,2-3,7-11,18H2,1H3,(H,20,21);1H. The van der Waals surface area contributed by atoms with Crippen LogP contribution in [0.25, 0.3) is 0 Å². The van der Waals surface area contributed by atoms with Crippen LogP contribution in [0.15, 0.2) is 29.2 Å². The first-order valence-corrected chi connectivity index (χ1v) is 10.2. The molecule has 0 aliphatic carbocycles. The van der Waals surface area contributed by atoms with Gasteiger partial charge in [0.05, 0.1) is 10.9 Å². The average molecular weight is 406 g/mol. The normalized spacial score (nSPS) is 16.5. The number of halogens is 1. The second-order valence-corrected chi connectivity index (χ2v) is 8.01. The highest BCUT2D eigenvalue weighted by atomic mass is 35.5.